The molecule has 3 rings (SSSR count). The fourth-order valence-corrected chi connectivity index (χ4v) is 3.91. The number of benzene rings is 1. The molecule has 124 valence electrons. The summed E-state index contributed by atoms with van der Waals surface area (Å²) in [6, 6.07) is 4.96. The van der Waals surface area contributed by atoms with E-state index in [1.807, 2.05) is 4.90 Å². The van der Waals surface area contributed by atoms with Gasteiger partial charge in [-0.15, -0.1) is 0 Å². The van der Waals surface area contributed by atoms with Crippen molar-refractivity contribution < 1.29 is 14.7 Å². The van der Waals surface area contributed by atoms with Crippen LogP contribution in [0.5, 0.6) is 5.75 Å². The molecule has 1 aliphatic heterocycles. The second-order valence-electron chi connectivity index (χ2n) is 6.38. The number of hydrogen-bond donors (Lipinski definition) is 1. The maximum Gasteiger partial charge on any atom is 0.258 e. The SMILES string of the molecule is O=C1CN(C(=O)c2ccc(I)cc2O)CCN1CC1CCCC1. The third-order valence-corrected chi connectivity index (χ3v) is 5.42. The molecule has 2 amide bonds. The van der Waals surface area contributed by atoms with Crippen molar-refractivity contribution in [3.8, 4) is 5.75 Å². The summed E-state index contributed by atoms with van der Waals surface area (Å²) in [5.41, 5.74) is 0.266. The highest BCUT2D eigenvalue weighted by atomic mass is 127. The first kappa shape index (κ1) is 16.5. The Morgan fingerprint density at radius 1 is 1.26 bits per heavy atom. The molecule has 1 saturated heterocycles. The van der Waals surface area contributed by atoms with Gasteiger partial charge in [0.2, 0.25) is 5.91 Å². The van der Waals surface area contributed by atoms with E-state index in [1.165, 1.54) is 30.6 Å². The maximum absolute atomic E-state index is 12.5. The summed E-state index contributed by atoms with van der Waals surface area (Å²) in [5, 5.41) is 9.95. The van der Waals surface area contributed by atoms with Crippen molar-refractivity contribution in [2.24, 2.45) is 5.92 Å². The van der Waals surface area contributed by atoms with Crippen LogP contribution < -0.4 is 0 Å². The van der Waals surface area contributed by atoms with E-state index in [0.29, 0.717) is 19.0 Å². The second kappa shape index (κ2) is 7.07. The molecule has 1 aromatic rings. The summed E-state index contributed by atoms with van der Waals surface area (Å²) in [4.78, 5) is 28.3. The average Bonchev–Trinajstić information content (AvgIpc) is 3.02. The Morgan fingerprint density at radius 3 is 2.65 bits per heavy atom. The predicted octanol–water partition coefficient (Wildman–Crippen LogP) is 2.47. The minimum Gasteiger partial charge on any atom is -0.507 e. The summed E-state index contributed by atoms with van der Waals surface area (Å²) in [6.45, 7) is 2.06. The van der Waals surface area contributed by atoms with E-state index in [2.05, 4.69) is 22.6 Å². The van der Waals surface area contributed by atoms with Gasteiger partial charge in [0.1, 0.15) is 12.3 Å². The van der Waals surface area contributed by atoms with Gasteiger partial charge in [0, 0.05) is 23.2 Å². The molecule has 2 fully saturated rings. The highest BCUT2D eigenvalue weighted by molar-refractivity contribution is 14.1. The van der Waals surface area contributed by atoms with Gasteiger partial charge < -0.3 is 14.9 Å². The third-order valence-electron chi connectivity index (χ3n) is 4.75. The Morgan fingerprint density at radius 2 is 2.00 bits per heavy atom. The first-order chi connectivity index (χ1) is 11.0. The van der Waals surface area contributed by atoms with Gasteiger partial charge in [-0.25, -0.2) is 0 Å². The summed E-state index contributed by atoms with van der Waals surface area (Å²) in [7, 11) is 0. The van der Waals surface area contributed by atoms with Crippen LogP contribution in [0, 0.1) is 9.49 Å². The molecule has 0 atom stereocenters. The number of amides is 2. The zero-order chi connectivity index (χ0) is 16.4. The number of phenols is 1. The van der Waals surface area contributed by atoms with Crippen LogP contribution in [0.4, 0.5) is 0 Å². The van der Waals surface area contributed by atoms with E-state index in [-0.39, 0.29) is 29.7 Å². The molecule has 5 nitrogen and oxygen atoms in total. The van der Waals surface area contributed by atoms with E-state index in [1.54, 1.807) is 18.2 Å². The number of hydrogen-bond acceptors (Lipinski definition) is 3. The number of nitrogens with zero attached hydrogens (tertiary/aromatic N) is 2. The number of halogens is 1. The Labute approximate surface area is 149 Å². The lowest BCUT2D eigenvalue weighted by molar-refractivity contribution is -0.135. The highest BCUT2D eigenvalue weighted by Crippen LogP contribution is 2.26. The summed E-state index contributed by atoms with van der Waals surface area (Å²) < 4.78 is 0.870. The number of carbonyl (C=O) groups is 2. The van der Waals surface area contributed by atoms with Crippen LogP contribution >= 0.6 is 22.6 Å². The minimum atomic E-state index is -0.271. The van der Waals surface area contributed by atoms with Crippen LogP contribution in [0.2, 0.25) is 0 Å². The number of carbonyl (C=O) groups excluding carboxylic acids is 2. The molecule has 1 heterocycles. The third kappa shape index (κ3) is 3.79. The van der Waals surface area contributed by atoms with Crippen LogP contribution in [-0.4, -0.2) is 52.9 Å². The molecule has 0 spiro atoms. The molecular weight excluding hydrogens is 407 g/mol. The van der Waals surface area contributed by atoms with Crippen LogP contribution in [0.25, 0.3) is 0 Å². The van der Waals surface area contributed by atoms with Gasteiger partial charge >= 0.3 is 0 Å². The fourth-order valence-electron chi connectivity index (χ4n) is 3.44. The molecule has 0 radical (unpaired) electrons. The van der Waals surface area contributed by atoms with Crippen LogP contribution in [-0.2, 0) is 4.79 Å². The standard InChI is InChI=1S/C17H21IN2O3/c18-13-5-6-14(15(21)9-13)17(23)20-8-7-19(16(22)11-20)10-12-3-1-2-4-12/h5-6,9,12,21H,1-4,7-8,10-11H2. The number of rotatable bonds is 3. The number of piperazine rings is 1. The first-order valence-electron chi connectivity index (χ1n) is 8.10. The van der Waals surface area contributed by atoms with E-state index >= 15 is 0 Å². The van der Waals surface area contributed by atoms with E-state index < -0.39 is 0 Å². The van der Waals surface area contributed by atoms with Crippen LogP contribution in [0.3, 0.4) is 0 Å². The molecule has 0 unspecified atom stereocenters. The zero-order valence-electron chi connectivity index (χ0n) is 13.0. The average molecular weight is 428 g/mol. The monoisotopic (exact) mass is 428 g/mol. The lowest BCUT2D eigenvalue weighted by atomic mass is 10.1. The van der Waals surface area contributed by atoms with Gasteiger partial charge in [-0.1, -0.05) is 12.8 Å². The summed E-state index contributed by atoms with van der Waals surface area (Å²) in [6.07, 6.45) is 4.96. The molecule has 2 aliphatic rings. The normalized spacial score (nSPS) is 19.4. The lowest BCUT2D eigenvalue weighted by Gasteiger charge is -2.35. The van der Waals surface area contributed by atoms with Gasteiger partial charge in [-0.2, -0.15) is 0 Å². The van der Waals surface area contributed by atoms with Crippen LogP contribution in [0.1, 0.15) is 36.0 Å². The van der Waals surface area contributed by atoms with Crippen molar-refractivity contribution in [3.63, 3.8) is 0 Å². The number of phenolic OH excluding ortho intramolecular Hbond substituents is 1. The van der Waals surface area contributed by atoms with E-state index in [4.69, 9.17) is 0 Å². The second-order valence-corrected chi connectivity index (χ2v) is 7.62. The molecule has 1 saturated carbocycles. The van der Waals surface area contributed by atoms with Crippen molar-refractivity contribution in [2.45, 2.75) is 25.7 Å². The molecule has 23 heavy (non-hydrogen) atoms. The largest absolute Gasteiger partial charge is 0.507 e. The molecule has 0 bridgehead atoms. The molecular formula is C17H21IN2O3. The van der Waals surface area contributed by atoms with Crippen molar-refractivity contribution >= 4 is 34.4 Å². The Kier molecular flexibility index (Phi) is 5.08. The lowest BCUT2D eigenvalue weighted by Crippen LogP contribution is -2.53. The van der Waals surface area contributed by atoms with Crippen molar-refractivity contribution in [1.29, 1.82) is 0 Å². The molecule has 6 heteroatoms. The smallest absolute Gasteiger partial charge is 0.258 e. The van der Waals surface area contributed by atoms with E-state index in [0.717, 1.165) is 10.1 Å². The molecule has 0 aromatic heterocycles. The van der Waals surface area contributed by atoms with Crippen LogP contribution in [0.15, 0.2) is 18.2 Å². The van der Waals surface area contributed by atoms with Gasteiger partial charge in [0.05, 0.1) is 5.56 Å². The first-order valence-corrected chi connectivity index (χ1v) is 9.18. The predicted molar refractivity (Wildman–Crippen MR) is 95.3 cm³/mol. The Balaban J connectivity index is 1.62. The van der Waals surface area contributed by atoms with E-state index in [9.17, 15) is 14.7 Å². The van der Waals surface area contributed by atoms with Crippen molar-refractivity contribution in [1.82, 2.24) is 9.80 Å². The van der Waals surface area contributed by atoms with Gasteiger partial charge in [0.15, 0.2) is 0 Å². The molecule has 1 aliphatic carbocycles. The quantitative estimate of drug-likeness (QED) is 0.753. The van der Waals surface area contributed by atoms with Gasteiger partial charge in [-0.05, 0) is 59.5 Å². The number of aromatic hydroxyl groups is 1. The topological polar surface area (TPSA) is 60.9 Å². The maximum atomic E-state index is 12.5. The summed E-state index contributed by atoms with van der Waals surface area (Å²) in [5.74, 6) is 0.346. The minimum absolute atomic E-state index is 0.0153. The summed E-state index contributed by atoms with van der Waals surface area (Å²) >= 11 is 2.08. The molecule has 1 aromatic carbocycles. The zero-order valence-corrected chi connectivity index (χ0v) is 15.2. The van der Waals surface area contributed by atoms with Gasteiger partial charge in [-0.3, -0.25) is 9.59 Å². The van der Waals surface area contributed by atoms with Gasteiger partial charge in [0.25, 0.3) is 5.91 Å². The van der Waals surface area contributed by atoms with Crippen molar-refractivity contribution in [3.05, 3.63) is 27.3 Å². The highest BCUT2D eigenvalue weighted by Gasteiger charge is 2.30. The molecule has 1 N–H and O–H groups in total. The Bertz CT molecular complexity index is 614. The fraction of sp³-hybridized carbons (Fsp3) is 0.529. The van der Waals surface area contributed by atoms with Crippen molar-refractivity contribution in [2.75, 3.05) is 26.2 Å². The Hall–Kier alpha value is -1.31.